The molecule has 1 spiro atoms. The number of amides is 2. The maximum atomic E-state index is 14.0. The van der Waals surface area contributed by atoms with Crippen LogP contribution in [-0.2, 0) is 44.1 Å². The van der Waals surface area contributed by atoms with Crippen LogP contribution in [0.5, 0.6) is 0 Å². The van der Waals surface area contributed by atoms with Gasteiger partial charge in [0.25, 0.3) is 5.91 Å². The molecule has 2 fully saturated rings. The Kier molecular flexibility index (Phi) is 11.7. The molecule has 3 aliphatic rings. The highest BCUT2D eigenvalue weighted by atomic mass is 19.4. The fourth-order valence-corrected chi connectivity index (χ4v) is 8.01. The third kappa shape index (κ3) is 8.59. The molecule has 2 heterocycles. The van der Waals surface area contributed by atoms with E-state index in [2.05, 4.69) is 27.7 Å². The van der Waals surface area contributed by atoms with Gasteiger partial charge in [-0.05, 0) is 106 Å². The van der Waals surface area contributed by atoms with Gasteiger partial charge in [-0.1, -0.05) is 36.4 Å². The number of ether oxygens (including phenoxy) is 2. The van der Waals surface area contributed by atoms with Crippen LogP contribution >= 0.6 is 0 Å². The number of carbonyl (C=O) groups excluding carboxylic acids is 2. The number of carbonyl (C=O) groups is 2. The molecule has 0 bridgehead atoms. The van der Waals surface area contributed by atoms with Crippen molar-refractivity contribution in [2.24, 2.45) is 0 Å². The summed E-state index contributed by atoms with van der Waals surface area (Å²) in [5, 5.41) is 5.95. The lowest BCUT2D eigenvalue weighted by Crippen LogP contribution is -2.49. The Balaban J connectivity index is 1.16. The number of alkyl halides is 6. The molecule has 0 saturated carbocycles. The minimum Gasteiger partial charge on any atom is -0.367 e. The summed E-state index contributed by atoms with van der Waals surface area (Å²) >= 11 is 0. The Morgan fingerprint density at radius 3 is 2.24 bits per heavy atom. The minimum atomic E-state index is -5.12. The molecule has 2 atom stereocenters. The zero-order chi connectivity index (χ0) is 38.7. The van der Waals surface area contributed by atoms with Crippen molar-refractivity contribution in [1.29, 1.82) is 0 Å². The van der Waals surface area contributed by atoms with E-state index in [9.17, 15) is 40.3 Å². The van der Waals surface area contributed by atoms with Crippen molar-refractivity contribution < 1.29 is 49.8 Å². The second-order valence-corrected chi connectivity index (χ2v) is 14.3. The number of hydrogen-bond donors (Lipinski definition) is 2. The molecule has 2 saturated heterocycles. The number of halogens is 7. The summed E-state index contributed by atoms with van der Waals surface area (Å²) in [6.45, 7) is 2.52. The summed E-state index contributed by atoms with van der Waals surface area (Å²) in [6, 6.07) is 14.5. The van der Waals surface area contributed by atoms with E-state index < -0.39 is 53.1 Å². The van der Waals surface area contributed by atoms with Crippen LogP contribution in [-0.4, -0.2) is 87.4 Å². The molecule has 54 heavy (non-hydrogen) atoms. The number of nitrogens with zero attached hydrogens (tertiary/aromatic N) is 2. The lowest BCUT2D eigenvalue weighted by molar-refractivity contribution is -0.143. The number of piperidine rings is 1. The summed E-state index contributed by atoms with van der Waals surface area (Å²) in [4.78, 5) is 29.4. The molecule has 8 nitrogen and oxygen atoms in total. The van der Waals surface area contributed by atoms with Crippen LogP contribution in [0.4, 0.5) is 30.7 Å². The lowest BCUT2D eigenvalue weighted by Gasteiger charge is -2.44. The Labute approximate surface area is 309 Å². The molecular weight excluding hydrogens is 721 g/mol. The fourth-order valence-electron chi connectivity index (χ4n) is 8.01. The quantitative estimate of drug-likeness (QED) is 0.167. The third-order valence-corrected chi connectivity index (χ3v) is 10.9. The molecule has 0 radical (unpaired) electrons. The Hall–Kier alpha value is -4.05. The summed E-state index contributed by atoms with van der Waals surface area (Å²) < 4.78 is 108. The van der Waals surface area contributed by atoms with E-state index in [1.54, 1.807) is 0 Å². The minimum absolute atomic E-state index is 0.0221. The van der Waals surface area contributed by atoms with Crippen LogP contribution in [0.15, 0.2) is 66.7 Å². The molecule has 15 heteroatoms. The van der Waals surface area contributed by atoms with E-state index in [4.69, 9.17) is 9.47 Å². The second-order valence-electron chi connectivity index (χ2n) is 14.3. The van der Waals surface area contributed by atoms with Crippen molar-refractivity contribution in [1.82, 2.24) is 20.4 Å². The van der Waals surface area contributed by atoms with Crippen LogP contribution in [0, 0.1) is 5.82 Å². The van der Waals surface area contributed by atoms with Gasteiger partial charge in [-0.2, -0.15) is 26.3 Å². The Morgan fingerprint density at radius 1 is 0.926 bits per heavy atom. The number of benzene rings is 3. The molecule has 3 aromatic carbocycles. The van der Waals surface area contributed by atoms with E-state index in [1.165, 1.54) is 35.4 Å². The third-order valence-electron chi connectivity index (χ3n) is 10.9. The van der Waals surface area contributed by atoms with E-state index in [0.717, 1.165) is 30.7 Å². The van der Waals surface area contributed by atoms with Crippen LogP contribution < -0.4 is 10.6 Å². The summed E-state index contributed by atoms with van der Waals surface area (Å²) in [5.74, 6) is -1.73. The smallest absolute Gasteiger partial charge is 0.367 e. The number of likely N-dealkylation sites (tertiary alicyclic amines) is 1. The number of nitrogens with one attached hydrogen (secondary N) is 2. The molecule has 6 rings (SSSR count). The molecule has 2 amide bonds. The predicted octanol–water partition coefficient (Wildman–Crippen LogP) is 6.28. The maximum absolute atomic E-state index is 14.0. The van der Waals surface area contributed by atoms with E-state index in [1.807, 2.05) is 19.2 Å². The molecule has 3 aromatic rings. The molecule has 0 aromatic heterocycles. The van der Waals surface area contributed by atoms with Crippen LogP contribution in [0.3, 0.4) is 0 Å². The average Bonchev–Trinajstić information content (AvgIpc) is 3.71. The fraction of sp³-hybridized carbons (Fsp3) is 0.487. The van der Waals surface area contributed by atoms with Gasteiger partial charge in [0, 0.05) is 24.1 Å². The average molecular weight is 765 g/mol. The monoisotopic (exact) mass is 764 g/mol. The van der Waals surface area contributed by atoms with Crippen molar-refractivity contribution in [3.05, 3.63) is 106 Å². The predicted molar refractivity (Wildman–Crippen MR) is 185 cm³/mol. The molecule has 2 N–H and O–H groups in total. The van der Waals surface area contributed by atoms with Crippen LogP contribution in [0.2, 0.25) is 0 Å². The first kappa shape index (κ1) is 39.6. The van der Waals surface area contributed by atoms with Crippen LogP contribution in [0.1, 0.15) is 63.9 Å². The number of hydrogen-bond acceptors (Lipinski definition) is 6. The Morgan fingerprint density at radius 2 is 1.59 bits per heavy atom. The molecule has 1 aliphatic carbocycles. The topological polar surface area (TPSA) is 83.1 Å². The number of fused-ring (bicyclic) bond motifs is 2. The first-order valence-electron chi connectivity index (χ1n) is 18.0. The van der Waals surface area contributed by atoms with Gasteiger partial charge in [0.2, 0.25) is 5.91 Å². The first-order chi connectivity index (χ1) is 25.6. The van der Waals surface area contributed by atoms with Crippen molar-refractivity contribution in [2.45, 2.75) is 61.6 Å². The summed E-state index contributed by atoms with van der Waals surface area (Å²) in [5.41, 5.74) is -2.53. The maximum Gasteiger partial charge on any atom is 0.416 e. The van der Waals surface area contributed by atoms with E-state index in [0.29, 0.717) is 56.7 Å². The van der Waals surface area contributed by atoms with Gasteiger partial charge in [0.05, 0.1) is 23.8 Å². The van der Waals surface area contributed by atoms with Crippen molar-refractivity contribution in [2.75, 3.05) is 59.7 Å². The summed E-state index contributed by atoms with van der Waals surface area (Å²) in [6.07, 6.45) is -7.16. The molecule has 2 aliphatic heterocycles. The molecule has 292 valence electrons. The van der Waals surface area contributed by atoms with Gasteiger partial charge in [-0.15, -0.1) is 0 Å². The van der Waals surface area contributed by atoms with Crippen LogP contribution in [0.25, 0.3) is 0 Å². The van der Waals surface area contributed by atoms with Crippen molar-refractivity contribution in [3.63, 3.8) is 0 Å². The van der Waals surface area contributed by atoms with Crippen molar-refractivity contribution >= 4 is 11.8 Å². The van der Waals surface area contributed by atoms with E-state index >= 15 is 0 Å². The largest absolute Gasteiger partial charge is 0.416 e. The zero-order valence-electron chi connectivity index (χ0n) is 29.8. The van der Waals surface area contributed by atoms with Gasteiger partial charge in [0.15, 0.2) is 0 Å². The zero-order valence-corrected chi connectivity index (χ0v) is 29.8. The number of rotatable bonds is 12. The highest BCUT2D eigenvalue weighted by Crippen LogP contribution is 2.48. The highest BCUT2D eigenvalue weighted by Gasteiger charge is 2.50. The SMILES string of the molecule is CNCCCNC(=O)CO[C@H]1Cc2ccccc2C12CCN(CC[C@@]1(c3ccc(F)cc3)CN(C(=O)c3cc(C(F)(F)F)cc(C(F)(F)F)c3)CO1)CC2. The van der Waals surface area contributed by atoms with Gasteiger partial charge in [-0.3, -0.25) is 9.59 Å². The van der Waals surface area contributed by atoms with Gasteiger partial charge in [0.1, 0.15) is 24.8 Å². The van der Waals surface area contributed by atoms with Gasteiger partial charge < -0.3 is 29.9 Å². The van der Waals surface area contributed by atoms with Crippen molar-refractivity contribution in [3.8, 4) is 0 Å². The lowest BCUT2D eigenvalue weighted by atomic mass is 9.72. The molecular formula is C39H43F7N4O4. The second kappa shape index (κ2) is 16.0. The normalized spacial score (nSPS) is 21.4. The van der Waals surface area contributed by atoms with Gasteiger partial charge >= 0.3 is 12.4 Å². The highest BCUT2D eigenvalue weighted by molar-refractivity contribution is 5.95. The Bertz CT molecular complexity index is 1760. The van der Waals surface area contributed by atoms with E-state index in [-0.39, 0.29) is 36.6 Å². The molecule has 0 unspecified atom stereocenters. The standard InChI is InChI=1S/C39H43F7N4O4/c1-47-14-4-15-48-34(51)23-53-33-21-26-5-2-3-6-32(26)36(33)11-16-49(17-12-36)18-13-37(28-7-9-31(40)10-8-28)24-50(25-54-37)35(52)27-19-29(38(41,42)43)22-30(20-27)39(44,45)46/h2-3,5-10,19-20,22,33,47H,4,11-18,21,23-25H2,1H3,(H,48,51)/t33-,37-/m0/s1. The van der Waals surface area contributed by atoms with Gasteiger partial charge in [-0.25, -0.2) is 4.39 Å². The first-order valence-corrected chi connectivity index (χ1v) is 18.0. The summed E-state index contributed by atoms with van der Waals surface area (Å²) in [7, 11) is 1.85.